The van der Waals surface area contributed by atoms with Crippen molar-refractivity contribution in [2.24, 2.45) is 10.8 Å². The molecule has 0 amide bonds. The Morgan fingerprint density at radius 1 is 0.783 bits per heavy atom. The summed E-state index contributed by atoms with van der Waals surface area (Å²) in [4.78, 5) is 12.0. The highest BCUT2D eigenvalue weighted by Crippen LogP contribution is 2.50. The Morgan fingerprint density at radius 2 is 1.22 bits per heavy atom. The average molecular weight is 325 g/mol. The number of unbranched alkanes of at least 4 members (excludes halogenated alkanes) is 10. The maximum absolute atomic E-state index is 12.0. The molecule has 1 heterocycles. The SMILES string of the molecule is CCCCCCCCCCCCCC1OC(=O)C(C)(C)C1(C)C. The summed E-state index contributed by atoms with van der Waals surface area (Å²) in [5.41, 5.74) is -0.405. The van der Waals surface area contributed by atoms with Gasteiger partial charge in [0.1, 0.15) is 6.10 Å². The number of hydrogen-bond acceptors (Lipinski definition) is 2. The number of esters is 1. The third-order valence-corrected chi connectivity index (χ3v) is 6.25. The molecule has 2 nitrogen and oxygen atoms in total. The first-order valence-corrected chi connectivity index (χ1v) is 10.0. The molecule has 0 saturated carbocycles. The summed E-state index contributed by atoms with van der Waals surface area (Å²) in [6.45, 7) is 10.7. The van der Waals surface area contributed by atoms with E-state index in [4.69, 9.17) is 4.74 Å². The van der Waals surface area contributed by atoms with Crippen LogP contribution >= 0.6 is 0 Å². The second-order valence-electron chi connectivity index (χ2n) is 8.56. The normalized spacial score (nSPS) is 22.3. The largest absolute Gasteiger partial charge is 0.461 e. The van der Waals surface area contributed by atoms with Crippen LogP contribution in [0, 0.1) is 10.8 Å². The molecule has 0 N–H and O–H groups in total. The standard InChI is InChI=1S/C21H40O2/c1-6-7-8-9-10-11-12-13-14-15-16-17-18-20(2,3)21(4,5)19(22)23-18/h18H,6-17H2,1-5H3. The highest BCUT2D eigenvalue weighted by atomic mass is 16.6. The van der Waals surface area contributed by atoms with E-state index in [9.17, 15) is 4.79 Å². The molecule has 1 saturated heterocycles. The van der Waals surface area contributed by atoms with Gasteiger partial charge in [-0.1, -0.05) is 85.0 Å². The smallest absolute Gasteiger partial charge is 0.312 e. The molecule has 1 atom stereocenters. The van der Waals surface area contributed by atoms with E-state index in [2.05, 4.69) is 20.8 Å². The van der Waals surface area contributed by atoms with Crippen molar-refractivity contribution in [2.45, 2.75) is 118 Å². The number of cyclic esters (lactones) is 1. The van der Waals surface area contributed by atoms with E-state index >= 15 is 0 Å². The molecular weight excluding hydrogens is 284 g/mol. The summed E-state index contributed by atoms with van der Waals surface area (Å²) in [5, 5.41) is 0. The first-order chi connectivity index (χ1) is 10.8. The minimum Gasteiger partial charge on any atom is -0.461 e. The molecule has 0 spiro atoms. The topological polar surface area (TPSA) is 26.3 Å². The molecule has 0 radical (unpaired) electrons. The first kappa shape index (κ1) is 20.5. The minimum atomic E-state index is -0.352. The van der Waals surface area contributed by atoms with Crippen molar-refractivity contribution in [1.29, 1.82) is 0 Å². The van der Waals surface area contributed by atoms with Crippen molar-refractivity contribution in [3.63, 3.8) is 0 Å². The predicted octanol–water partition coefficient (Wildman–Crippen LogP) is 6.67. The van der Waals surface area contributed by atoms with Crippen molar-refractivity contribution >= 4 is 5.97 Å². The average Bonchev–Trinajstić information content (AvgIpc) is 2.64. The molecule has 1 aliphatic rings. The van der Waals surface area contributed by atoms with Gasteiger partial charge in [0.05, 0.1) is 5.41 Å². The Balaban J connectivity index is 2.03. The van der Waals surface area contributed by atoms with Gasteiger partial charge in [-0.2, -0.15) is 0 Å². The molecule has 1 aliphatic heterocycles. The number of rotatable bonds is 12. The maximum Gasteiger partial charge on any atom is 0.312 e. The highest BCUT2D eigenvalue weighted by molar-refractivity contribution is 5.79. The monoisotopic (exact) mass is 324 g/mol. The van der Waals surface area contributed by atoms with E-state index in [0.717, 1.165) is 6.42 Å². The third kappa shape index (κ3) is 5.80. The van der Waals surface area contributed by atoms with Crippen LogP contribution in [0.2, 0.25) is 0 Å². The van der Waals surface area contributed by atoms with Crippen molar-refractivity contribution < 1.29 is 9.53 Å². The van der Waals surface area contributed by atoms with Gasteiger partial charge in [0.15, 0.2) is 0 Å². The van der Waals surface area contributed by atoms with E-state index in [1.165, 1.54) is 70.6 Å². The summed E-state index contributed by atoms with van der Waals surface area (Å²) in [6, 6.07) is 0. The lowest BCUT2D eigenvalue weighted by molar-refractivity contribution is -0.147. The van der Waals surface area contributed by atoms with Crippen LogP contribution in [0.3, 0.4) is 0 Å². The summed E-state index contributed by atoms with van der Waals surface area (Å²) in [7, 11) is 0. The van der Waals surface area contributed by atoms with E-state index in [1.54, 1.807) is 0 Å². The van der Waals surface area contributed by atoms with Crippen LogP contribution < -0.4 is 0 Å². The van der Waals surface area contributed by atoms with Gasteiger partial charge in [-0.15, -0.1) is 0 Å². The van der Waals surface area contributed by atoms with Crippen LogP contribution in [0.4, 0.5) is 0 Å². The van der Waals surface area contributed by atoms with E-state index in [-0.39, 0.29) is 22.9 Å². The molecule has 0 aromatic heterocycles. The van der Waals surface area contributed by atoms with Gasteiger partial charge in [0.25, 0.3) is 0 Å². The molecular formula is C21H40O2. The van der Waals surface area contributed by atoms with Crippen LogP contribution in [0.5, 0.6) is 0 Å². The van der Waals surface area contributed by atoms with E-state index < -0.39 is 0 Å². The van der Waals surface area contributed by atoms with Crippen molar-refractivity contribution in [1.82, 2.24) is 0 Å². The Bertz CT molecular complexity index is 344. The van der Waals surface area contributed by atoms with Crippen LogP contribution in [-0.2, 0) is 9.53 Å². The van der Waals surface area contributed by atoms with Gasteiger partial charge in [-0.05, 0) is 26.7 Å². The van der Waals surface area contributed by atoms with Crippen LogP contribution in [0.1, 0.15) is 112 Å². The van der Waals surface area contributed by atoms with Gasteiger partial charge < -0.3 is 4.74 Å². The molecule has 136 valence electrons. The Morgan fingerprint density at radius 3 is 1.61 bits per heavy atom. The van der Waals surface area contributed by atoms with E-state index in [0.29, 0.717) is 0 Å². The fourth-order valence-corrected chi connectivity index (χ4v) is 3.50. The summed E-state index contributed by atoms with van der Waals surface area (Å²) >= 11 is 0. The lowest BCUT2D eigenvalue weighted by Crippen LogP contribution is -2.37. The molecule has 23 heavy (non-hydrogen) atoms. The first-order valence-electron chi connectivity index (χ1n) is 10.0. The molecule has 0 aromatic rings. The summed E-state index contributed by atoms with van der Waals surface area (Å²) < 4.78 is 5.64. The molecule has 1 rings (SSSR count). The molecule has 1 fully saturated rings. The lowest BCUT2D eigenvalue weighted by atomic mass is 9.66. The fraction of sp³-hybridized carbons (Fsp3) is 0.952. The Hall–Kier alpha value is -0.530. The second-order valence-corrected chi connectivity index (χ2v) is 8.56. The van der Waals surface area contributed by atoms with Crippen LogP contribution in [0.25, 0.3) is 0 Å². The van der Waals surface area contributed by atoms with E-state index in [1.807, 2.05) is 13.8 Å². The quantitative estimate of drug-likeness (QED) is 0.296. The Kier molecular flexibility index (Phi) is 8.64. The molecule has 0 aromatic carbocycles. The molecule has 1 unspecified atom stereocenters. The van der Waals surface area contributed by atoms with Gasteiger partial charge in [0, 0.05) is 5.41 Å². The van der Waals surface area contributed by atoms with Gasteiger partial charge in [-0.3, -0.25) is 4.79 Å². The highest BCUT2D eigenvalue weighted by Gasteiger charge is 2.56. The lowest BCUT2D eigenvalue weighted by Gasteiger charge is -2.33. The van der Waals surface area contributed by atoms with Crippen molar-refractivity contribution in [2.75, 3.05) is 0 Å². The van der Waals surface area contributed by atoms with Gasteiger partial charge in [-0.25, -0.2) is 0 Å². The zero-order valence-corrected chi connectivity index (χ0v) is 16.4. The number of hydrogen-bond donors (Lipinski definition) is 0. The zero-order chi connectivity index (χ0) is 17.3. The zero-order valence-electron chi connectivity index (χ0n) is 16.4. The van der Waals surface area contributed by atoms with Gasteiger partial charge >= 0.3 is 5.97 Å². The number of carbonyl (C=O) groups excluding carboxylic acids is 1. The maximum atomic E-state index is 12.0. The molecule has 0 aliphatic carbocycles. The predicted molar refractivity (Wildman–Crippen MR) is 98.5 cm³/mol. The fourth-order valence-electron chi connectivity index (χ4n) is 3.50. The number of carbonyl (C=O) groups is 1. The minimum absolute atomic E-state index is 0.0180. The van der Waals surface area contributed by atoms with Crippen LogP contribution in [0.15, 0.2) is 0 Å². The third-order valence-electron chi connectivity index (χ3n) is 6.25. The Labute approximate surface area is 144 Å². The van der Waals surface area contributed by atoms with Crippen LogP contribution in [-0.4, -0.2) is 12.1 Å². The number of ether oxygens (including phenoxy) is 1. The van der Waals surface area contributed by atoms with Crippen molar-refractivity contribution in [3.05, 3.63) is 0 Å². The second kappa shape index (κ2) is 9.69. The molecule has 2 heteroatoms. The summed E-state index contributed by atoms with van der Waals surface area (Å²) in [6.07, 6.45) is 16.1. The summed E-state index contributed by atoms with van der Waals surface area (Å²) in [5.74, 6) is -0.0180. The van der Waals surface area contributed by atoms with Crippen molar-refractivity contribution in [3.8, 4) is 0 Å². The van der Waals surface area contributed by atoms with Gasteiger partial charge in [0.2, 0.25) is 0 Å². The molecule has 0 bridgehead atoms.